The minimum atomic E-state index is 0.0685. The van der Waals surface area contributed by atoms with E-state index in [1.807, 2.05) is 24.3 Å². The van der Waals surface area contributed by atoms with Crippen molar-refractivity contribution >= 4 is 11.6 Å². The fourth-order valence-corrected chi connectivity index (χ4v) is 1.71. The SMILES string of the molecule is CCNCC(COC)OCc1cccc(Cl)c1. The van der Waals surface area contributed by atoms with Gasteiger partial charge in [-0.25, -0.2) is 0 Å². The van der Waals surface area contributed by atoms with Crippen LogP contribution in [0.2, 0.25) is 5.02 Å². The molecule has 0 aromatic heterocycles. The molecule has 1 atom stereocenters. The van der Waals surface area contributed by atoms with E-state index in [1.54, 1.807) is 7.11 Å². The van der Waals surface area contributed by atoms with E-state index >= 15 is 0 Å². The van der Waals surface area contributed by atoms with Gasteiger partial charge in [0, 0.05) is 18.7 Å². The van der Waals surface area contributed by atoms with Crippen LogP contribution in [0.4, 0.5) is 0 Å². The van der Waals surface area contributed by atoms with Gasteiger partial charge in [0.25, 0.3) is 0 Å². The molecular weight excluding hydrogens is 238 g/mol. The number of methoxy groups -OCH3 is 1. The minimum absolute atomic E-state index is 0.0685. The van der Waals surface area contributed by atoms with E-state index in [2.05, 4.69) is 12.2 Å². The molecule has 0 amide bonds. The van der Waals surface area contributed by atoms with Gasteiger partial charge in [-0.1, -0.05) is 30.7 Å². The summed E-state index contributed by atoms with van der Waals surface area (Å²) in [7, 11) is 1.68. The zero-order chi connectivity index (χ0) is 12.5. The molecule has 0 aliphatic rings. The molecule has 0 heterocycles. The molecule has 3 nitrogen and oxygen atoms in total. The second-order valence-electron chi connectivity index (χ2n) is 3.83. The van der Waals surface area contributed by atoms with Gasteiger partial charge in [0.1, 0.15) is 0 Å². The summed E-state index contributed by atoms with van der Waals surface area (Å²) in [5.74, 6) is 0. The van der Waals surface area contributed by atoms with E-state index in [0.717, 1.165) is 23.7 Å². The highest BCUT2D eigenvalue weighted by molar-refractivity contribution is 6.30. The number of hydrogen-bond acceptors (Lipinski definition) is 3. The zero-order valence-electron chi connectivity index (χ0n) is 10.4. The number of benzene rings is 1. The van der Waals surface area contributed by atoms with Gasteiger partial charge in [0.2, 0.25) is 0 Å². The molecule has 1 aromatic carbocycles. The van der Waals surface area contributed by atoms with Crippen molar-refractivity contribution in [2.75, 3.05) is 26.8 Å². The Kier molecular flexibility index (Phi) is 7.21. The van der Waals surface area contributed by atoms with Crippen molar-refractivity contribution in [3.05, 3.63) is 34.9 Å². The highest BCUT2D eigenvalue weighted by atomic mass is 35.5. The predicted octanol–water partition coefficient (Wildman–Crippen LogP) is 2.48. The maximum atomic E-state index is 5.91. The maximum Gasteiger partial charge on any atom is 0.0936 e. The lowest BCUT2D eigenvalue weighted by Crippen LogP contribution is -2.32. The van der Waals surface area contributed by atoms with Crippen molar-refractivity contribution in [1.29, 1.82) is 0 Å². The molecule has 1 N–H and O–H groups in total. The Balaban J connectivity index is 2.39. The van der Waals surface area contributed by atoms with Gasteiger partial charge < -0.3 is 14.8 Å². The molecule has 0 fully saturated rings. The van der Waals surface area contributed by atoms with Crippen LogP contribution in [-0.2, 0) is 16.1 Å². The first-order valence-electron chi connectivity index (χ1n) is 5.82. The second-order valence-corrected chi connectivity index (χ2v) is 4.26. The highest BCUT2D eigenvalue weighted by Crippen LogP contribution is 2.12. The lowest BCUT2D eigenvalue weighted by molar-refractivity contribution is -0.00985. The third-order valence-electron chi connectivity index (χ3n) is 2.35. The van der Waals surface area contributed by atoms with Gasteiger partial charge in [0.05, 0.1) is 19.3 Å². The second kappa shape index (κ2) is 8.48. The van der Waals surface area contributed by atoms with Crippen molar-refractivity contribution in [3.8, 4) is 0 Å². The molecular formula is C13H20ClNO2. The monoisotopic (exact) mass is 257 g/mol. The molecule has 0 saturated heterocycles. The Morgan fingerprint density at radius 2 is 2.24 bits per heavy atom. The first-order chi connectivity index (χ1) is 8.26. The van der Waals surface area contributed by atoms with Crippen molar-refractivity contribution in [3.63, 3.8) is 0 Å². The quantitative estimate of drug-likeness (QED) is 0.776. The average molecular weight is 258 g/mol. The number of ether oxygens (including phenoxy) is 2. The molecule has 4 heteroatoms. The van der Waals surface area contributed by atoms with E-state index < -0.39 is 0 Å². The summed E-state index contributed by atoms with van der Waals surface area (Å²) in [6.07, 6.45) is 0.0685. The number of nitrogens with one attached hydrogen (secondary N) is 1. The van der Waals surface area contributed by atoms with Crippen LogP contribution in [0.15, 0.2) is 24.3 Å². The Hall–Kier alpha value is -0.610. The molecule has 1 aromatic rings. The zero-order valence-corrected chi connectivity index (χ0v) is 11.2. The largest absolute Gasteiger partial charge is 0.382 e. The average Bonchev–Trinajstić information content (AvgIpc) is 2.33. The van der Waals surface area contributed by atoms with Crippen LogP contribution >= 0.6 is 11.6 Å². The standard InChI is InChI=1S/C13H20ClNO2/c1-3-15-8-13(10-16-2)17-9-11-5-4-6-12(14)7-11/h4-7,13,15H,3,8-10H2,1-2H3. The third kappa shape index (κ3) is 6.03. The summed E-state index contributed by atoms with van der Waals surface area (Å²) in [6.45, 7) is 4.94. The smallest absolute Gasteiger partial charge is 0.0936 e. The fraction of sp³-hybridized carbons (Fsp3) is 0.538. The highest BCUT2D eigenvalue weighted by Gasteiger charge is 2.08. The first-order valence-corrected chi connectivity index (χ1v) is 6.19. The predicted molar refractivity (Wildman–Crippen MR) is 70.4 cm³/mol. The number of likely N-dealkylation sites (N-methyl/N-ethyl adjacent to an activating group) is 1. The molecule has 0 bridgehead atoms. The van der Waals surface area contributed by atoms with Crippen LogP contribution in [0.1, 0.15) is 12.5 Å². The van der Waals surface area contributed by atoms with E-state index in [-0.39, 0.29) is 6.10 Å². The number of hydrogen-bond donors (Lipinski definition) is 1. The van der Waals surface area contributed by atoms with Crippen LogP contribution in [0.25, 0.3) is 0 Å². The Morgan fingerprint density at radius 3 is 2.88 bits per heavy atom. The summed E-state index contributed by atoms with van der Waals surface area (Å²) in [4.78, 5) is 0. The number of halogens is 1. The molecule has 1 rings (SSSR count). The Morgan fingerprint density at radius 1 is 1.41 bits per heavy atom. The number of rotatable bonds is 8. The molecule has 1 unspecified atom stereocenters. The molecule has 0 aliphatic carbocycles. The summed E-state index contributed by atoms with van der Waals surface area (Å²) in [5, 5.41) is 3.99. The van der Waals surface area contributed by atoms with Crippen molar-refractivity contribution in [2.24, 2.45) is 0 Å². The van der Waals surface area contributed by atoms with Crippen LogP contribution in [0.5, 0.6) is 0 Å². The molecule has 0 spiro atoms. The lowest BCUT2D eigenvalue weighted by atomic mass is 10.2. The summed E-state index contributed by atoms with van der Waals surface area (Å²) < 4.78 is 10.9. The van der Waals surface area contributed by atoms with Crippen LogP contribution in [-0.4, -0.2) is 32.9 Å². The fourth-order valence-electron chi connectivity index (χ4n) is 1.50. The Bertz CT molecular complexity index is 320. The van der Waals surface area contributed by atoms with Crippen molar-refractivity contribution < 1.29 is 9.47 Å². The molecule has 0 aliphatic heterocycles. The van der Waals surface area contributed by atoms with Crippen molar-refractivity contribution in [2.45, 2.75) is 19.6 Å². The van der Waals surface area contributed by atoms with Gasteiger partial charge >= 0.3 is 0 Å². The molecule has 96 valence electrons. The van der Waals surface area contributed by atoms with Crippen LogP contribution in [0.3, 0.4) is 0 Å². The van der Waals surface area contributed by atoms with E-state index in [1.165, 1.54) is 0 Å². The maximum absolute atomic E-state index is 5.91. The summed E-state index contributed by atoms with van der Waals surface area (Å²) in [6, 6.07) is 7.70. The normalized spacial score (nSPS) is 12.6. The third-order valence-corrected chi connectivity index (χ3v) is 2.58. The van der Waals surface area contributed by atoms with Crippen LogP contribution < -0.4 is 5.32 Å². The topological polar surface area (TPSA) is 30.5 Å². The summed E-state index contributed by atoms with van der Waals surface area (Å²) in [5.41, 5.74) is 1.08. The van der Waals surface area contributed by atoms with Crippen LogP contribution in [0, 0.1) is 0 Å². The lowest BCUT2D eigenvalue weighted by Gasteiger charge is -2.17. The van der Waals surface area contributed by atoms with E-state index in [4.69, 9.17) is 21.1 Å². The van der Waals surface area contributed by atoms with Gasteiger partial charge in [-0.3, -0.25) is 0 Å². The molecule has 0 saturated carbocycles. The summed E-state index contributed by atoms with van der Waals surface area (Å²) >= 11 is 5.91. The van der Waals surface area contributed by atoms with Gasteiger partial charge in [-0.15, -0.1) is 0 Å². The van der Waals surface area contributed by atoms with E-state index in [0.29, 0.717) is 13.2 Å². The van der Waals surface area contributed by atoms with Gasteiger partial charge in [0.15, 0.2) is 0 Å². The van der Waals surface area contributed by atoms with Crippen molar-refractivity contribution in [1.82, 2.24) is 5.32 Å². The molecule has 0 radical (unpaired) electrons. The molecule has 17 heavy (non-hydrogen) atoms. The van der Waals surface area contributed by atoms with E-state index in [9.17, 15) is 0 Å². The first kappa shape index (κ1) is 14.5. The van der Waals surface area contributed by atoms with Gasteiger partial charge in [-0.2, -0.15) is 0 Å². The van der Waals surface area contributed by atoms with Gasteiger partial charge in [-0.05, 0) is 24.2 Å². The Labute approximate surface area is 108 Å². The minimum Gasteiger partial charge on any atom is -0.382 e.